The number of benzene rings is 2. The van der Waals surface area contributed by atoms with Gasteiger partial charge in [-0.05, 0) is 49.1 Å². The number of halogens is 4. The maximum absolute atomic E-state index is 15.7. The van der Waals surface area contributed by atoms with Gasteiger partial charge in [0.15, 0.2) is 0 Å². The number of allylic oxidation sites excluding steroid dienone is 2. The van der Waals surface area contributed by atoms with Crippen molar-refractivity contribution in [2.75, 3.05) is 6.67 Å². The molecule has 0 amide bonds. The Bertz CT molecular complexity index is 1180. The highest BCUT2D eigenvalue weighted by atomic mass is 35.5. The van der Waals surface area contributed by atoms with Crippen LogP contribution in [0.2, 0.25) is 5.02 Å². The minimum Gasteiger partial charge on any atom is -0.434 e. The molecule has 35 heavy (non-hydrogen) atoms. The highest BCUT2D eigenvalue weighted by molar-refractivity contribution is 6.31. The summed E-state index contributed by atoms with van der Waals surface area (Å²) in [6.45, 7) is 0.805. The molecular weight excluding hydrogens is 477 g/mol. The van der Waals surface area contributed by atoms with Crippen LogP contribution in [0.5, 0.6) is 5.75 Å². The standard InChI is InChI=1S/C26H28ClF3N4O/c1-25(2,32)16-10-8-15(9-11-16)17-5-4-12-26-18(13-21(31)33(26)14-34(30)23(17)26)22-19(27)6-3-7-20(22)35-24(28)29/h3-12,18,21,23-24H,13-14,31-32H2,1-2H3/t18-,21+,23?,26?/m1/s1. The molecule has 0 radical (unpaired) electrons. The van der Waals surface area contributed by atoms with Crippen molar-refractivity contribution >= 4 is 17.2 Å². The number of hydrogen-bond donors (Lipinski definition) is 2. The van der Waals surface area contributed by atoms with Gasteiger partial charge in [0.05, 0.1) is 24.4 Å². The summed E-state index contributed by atoms with van der Waals surface area (Å²) in [5.74, 6) is -0.496. The van der Waals surface area contributed by atoms with Gasteiger partial charge < -0.3 is 16.2 Å². The van der Waals surface area contributed by atoms with Crippen molar-refractivity contribution < 1.29 is 18.0 Å². The number of hydrogen-bond acceptors (Lipinski definition) is 5. The lowest BCUT2D eigenvalue weighted by atomic mass is 9.70. The maximum Gasteiger partial charge on any atom is 0.387 e. The first kappa shape index (κ1) is 24.3. The highest BCUT2D eigenvalue weighted by Gasteiger charge is 2.64. The fourth-order valence-electron chi connectivity index (χ4n) is 5.92. The zero-order valence-electron chi connectivity index (χ0n) is 19.5. The van der Waals surface area contributed by atoms with Crippen molar-refractivity contribution in [2.45, 2.75) is 56.1 Å². The molecule has 1 spiro atoms. The molecule has 0 bridgehead atoms. The second-order valence-corrected chi connectivity index (χ2v) is 10.4. The van der Waals surface area contributed by atoms with E-state index in [9.17, 15) is 8.78 Å². The van der Waals surface area contributed by atoms with Crippen LogP contribution in [-0.4, -0.2) is 41.0 Å². The van der Waals surface area contributed by atoms with E-state index in [0.29, 0.717) is 12.0 Å². The molecule has 0 saturated carbocycles. The molecule has 5 nitrogen and oxygen atoms in total. The van der Waals surface area contributed by atoms with Crippen LogP contribution in [0.1, 0.15) is 42.9 Å². The van der Waals surface area contributed by atoms with Gasteiger partial charge in [-0.15, -0.1) is 9.60 Å². The van der Waals surface area contributed by atoms with Crippen molar-refractivity contribution in [3.05, 3.63) is 82.4 Å². The molecule has 4 atom stereocenters. The smallest absolute Gasteiger partial charge is 0.387 e. The molecule has 2 unspecified atom stereocenters. The van der Waals surface area contributed by atoms with Crippen molar-refractivity contribution in [1.82, 2.24) is 10.0 Å². The summed E-state index contributed by atoms with van der Waals surface area (Å²) in [7, 11) is 0. The Morgan fingerprint density at radius 1 is 1.17 bits per heavy atom. The van der Waals surface area contributed by atoms with Crippen LogP contribution < -0.4 is 16.2 Å². The Kier molecular flexibility index (Phi) is 6.01. The Balaban J connectivity index is 1.62. The van der Waals surface area contributed by atoms with Gasteiger partial charge in [0.25, 0.3) is 0 Å². The minimum absolute atomic E-state index is 0.0176. The number of nitrogens with zero attached hydrogens (tertiary/aromatic N) is 2. The third-order valence-corrected chi connectivity index (χ3v) is 7.74. The topological polar surface area (TPSA) is 67.8 Å². The molecule has 0 aromatic heterocycles. The Labute approximate surface area is 207 Å². The predicted octanol–water partition coefficient (Wildman–Crippen LogP) is 5.13. The van der Waals surface area contributed by atoms with E-state index >= 15 is 4.48 Å². The van der Waals surface area contributed by atoms with Crippen LogP contribution in [0.4, 0.5) is 13.3 Å². The molecule has 2 heterocycles. The maximum atomic E-state index is 15.7. The lowest BCUT2D eigenvalue weighted by molar-refractivity contribution is -0.0508. The summed E-state index contributed by atoms with van der Waals surface area (Å²) < 4.78 is 47.1. The molecule has 2 aromatic carbocycles. The third kappa shape index (κ3) is 3.88. The van der Waals surface area contributed by atoms with E-state index in [1.165, 1.54) is 6.07 Å². The second-order valence-electron chi connectivity index (χ2n) is 9.97. The fraction of sp³-hybridized carbons (Fsp3) is 0.385. The predicted molar refractivity (Wildman–Crippen MR) is 130 cm³/mol. The van der Waals surface area contributed by atoms with Gasteiger partial charge in [0.1, 0.15) is 5.75 Å². The monoisotopic (exact) mass is 504 g/mol. The number of rotatable bonds is 5. The largest absolute Gasteiger partial charge is 0.434 e. The van der Waals surface area contributed by atoms with Crippen LogP contribution in [-0.2, 0) is 5.54 Å². The van der Waals surface area contributed by atoms with Crippen LogP contribution in [0.15, 0.2) is 60.7 Å². The average molecular weight is 505 g/mol. The molecule has 2 aromatic rings. The lowest BCUT2D eigenvalue weighted by Crippen LogP contribution is -2.53. The van der Waals surface area contributed by atoms with Gasteiger partial charge in [0.2, 0.25) is 0 Å². The van der Waals surface area contributed by atoms with Gasteiger partial charge in [-0.1, -0.05) is 60.2 Å². The van der Waals surface area contributed by atoms with Crippen molar-refractivity contribution in [3.63, 3.8) is 0 Å². The zero-order valence-corrected chi connectivity index (χ0v) is 20.2. The van der Waals surface area contributed by atoms with E-state index in [1.807, 2.05) is 61.2 Å². The van der Waals surface area contributed by atoms with Crippen LogP contribution in [0.3, 0.4) is 0 Å². The molecule has 4 N–H and O–H groups in total. The number of alkyl halides is 2. The molecule has 2 aliphatic heterocycles. The number of nitrogens with two attached hydrogens (primary N) is 2. The van der Waals surface area contributed by atoms with Gasteiger partial charge >= 0.3 is 6.61 Å². The van der Waals surface area contributed by atoms with Crippen molar-refractivity contribution in [2.24, 2.45) is 11.5 Å². The van der Waals surface area contributed by atoms with E-state index < -0.39 is 35.8 Å². The SMILES string of the molecule is CC(C)(N)c1ccc(C2=CC=CC34C2N(F)CN3[C@H](N)C[C@@H]4c2c(Cl)cccc2OC(F)F)cc1. The molecule has 5 rings (SSSR count). The summed E-state index contributed by atoms with van der Waals surface area (Å²) in [6.07, 6.45) is 5.60. The first-order valence-corrected chi connectivity index (χ1v) is 11.9. The highest BCUT2D eigenvalue weighted by Crippen LogP contribution is 2.58. The molecule has 1 aliphatic carbocycles. The summed E-state index contributed by atoms with van der Waals surface area (Å²) in [5, 5.41) is 1.05. The van der Waals surface area contributed by atoms with Crippen molar-refractivity contribution in [3.8, 4) is 5.75 Å². The molecule has 3 aliphatic rings. The van der Waals surface area contributed by atoms with E-state index in [2.05, 4.69) is 0 Å². The summed E-state index contributed by atoms with van der Waals surface area (Å²) in [4.78, 5) is 1.89. The number of ether oxygens (including phenoxy) is 1. The summed E-state index contributed by atoms with van der Waals surface area (Å²) in [6, 6.07) is 11.7. The third-order valence-electron chi connectivity index (χ3n) is 7.41. The van der Waals surface area contributed by atoms with E-state index in [4.69, 9.17) is 27.8 Å². The Morgan fingerprint density at radius 2 is 1.89 bits per heavy atom. The lowest BCUT2D eigenvalue weighted by Gasteiger charge is -2.42. The van der Waals surface area contributed by atoms with Crippen LogP contribution in [0, 0.1) is 0 Å². The van der Waals surface area contributed by atoms with Gasteiger partial charge in [-0.3, -0.25) is 4.90 Å². The van der Waals surface area contributed by atoms with Gasteiger partial charge in [-0.2, -0.15) is 8.78 Å². The minimum atomic E-state index is -3.02. The molecule has 2 fully saturated rings. The first-order valence-electron chi connectivity index (χ1n) is 11.5. The average Bonchev–Trinajstić information content (AvgIpc) is 3.23. The fourth-order valence-corrected chi connectivity index (χ4v) is 6.22. The Hall–Kier alpha value is -2.36. The molecule has 9 heteroatoms. The molecular formula is C26H28ClF3N4O. The van der Waals surface area contributed by atoms with Crippen molar-refractivity contribution in [1.29, 1.82) is 0 Å². The molecule has 186 valence electrons. The Morgan fingerprint density at radius 3 is 2.54 bits per heavy atom. The zero-order chi connectivity index (χ0) is 25.1. The second kappa shape index (κ2) is 8.64. The van der Waals surface area contributed by atoms with E-state index in [1.54, 1.807) is 12.1 Å². The van der Waals surface area contributed by atoms with Crippen LogP contribution >= 0.6 is 11.6 Å². The van der Waals surface area contributed by atoms with E-state index in [-0.39, 0.29) is 17.4 Å². The quantitative estimate of drug-likeness (QED) is 0.553. The van der Waals surface area contributed by atoms with Gasteiger partial charge in [0, 0.05) is 22.0 Å². The summed E-state index contributed by atoms with van der Waals surface area (Å²) in [5.41, 5.74) is 14.3. The van der Waals surface area contributed by atoms with Gasteiger partial charge in [-0.25, -0.2) is 0 Å². The summed E-state index contributed by atoms with van der Waals surface area (Å²) >= 11 is 6.57. The van der Waals surface area contributed by atoms with E-state index in [0.717, 1.165) is 21.8 Å². The normalized spacial score (nSPS) is 28.8. The first-order chi connectivity index (χ1) is 16.5. The molecule has 2 saturated heterocycles. The van der Waals surface area contributed by atoms with Crippen LogP contribution in [0.25, 0.3) is 5.57 Å².